The number of aliphatic hydroxyl groups excluding tert-OH is 1. The van der Waals surface area contributed by atoms with Gasteiger partial charge in [0.2, 0.25) is 0 Å². The summed E-state index contributed by atoms with van der Waals surface area (Å²) in [6.45, 7) is 6.77. The van der Waals surface area contributed by atoms with Crippen LogP contribution in [0.1, 0.15) is 51.8 Å². The van der Waals surface area contributed by atoms with Crippen molar-refractivity contribution >= 4 is 5.82 Å². The van der Waals surface area contributed by atoms with Crippen LogP contribution in [0, 0.1) is 0 Å². The average Bonchev–Trinajstić information content (AvgIpc) is 2.30. The Morgan fingerprint density at radius 1 is 1.37 bits per heavy atom. The quantitative estimate of drug-likeness (QED) is 0.764. The molecule has 1 unspecified atom stereocenters. The molecule has 4 heteroatoms. The molecule has 0 saturated heterocycles. The Labute approximate surface area is 115 Å². The van der Waals surface area contributed by atoms with E-state index in [1.165, 1.54) is 19.3 Å². The van der Waals surface area contributed by atoms with Gasteiger partial charge in [-0.05, 0) is 52.2 Å². The zero-order chi connectivity index (χ0) is 13.9. The zero-order valence-electron chi connectivity index (χ0n) is 12.1. The number of β-amino-alcohol motifs (C(OH)–C–C–N with tert-alkyl or cyclic N) is 1. The molecule has 1 heterocycles. The smallest absolute Gasteiger partial charge is 0.126 e. The van der Waals surface area contributed by atoms with Gasteiger partial charge in [-0.2, -0.15) is 0 Å². The van der Waals surface area contributed by atoms with Gasteiger partial charge >= 0.3 is 0 Å². The van der Waals surface area contributed by atoms with E-state index >= 15 is 0 Å². The number of aliphatic hydroxyl groups is 1. The van der Waals surface area contributed by atoms with Gasteiger partial charge in [0.05, 0.1) is 5.69 Å². The van der Waals surface area contributed by atoms with E-state index in [0.29, 0.717) is 12.6 Å². The first-order chi connectivity index (χ1) is 8.94. The number of hydrogen-bond donors (Lipinski definition) is 3. The highest BCUT2D eigenvalue weighted by molar-refractivity contribution is 5.37. The summed E-state index contributed by atoms with van der Waals surface area (Å²) in [5.41, 5.74) is 0.726. The minimum atomic E-state index is -0.567. The lowest BCUT2D eigenvalue weighted by Crippen LogP contribution is -2.38. The van der Waals surface area contributed by atoms with Crippen molar-refractivity contribution < 1.29 is 5.11 Å². The molecule has 1 aliphatic carbocycles. The van der Waals surface area contributed by atoms with Crippen LogP contribution in [0.5, 0.6) is 0 Å². The second-order valence-electron chi connectivity index (χ2n) is 6.37. The van der Waals surface area contributed by atoms with Crippen molar-refractivity contribution in [3.8, 4) is 0 Å². The van der Waals surface area contributed by atoms with E-state index < -0.39 is 6.10 Å². The van der Waals surface area contributed by atoms with Crippen LogP contribution in [-0.4, -0.2) is 28.2 Å². The lowest BCUT2D eigenvalue weighted by molar-refractivity contribution is 0.159. The topological polar surface area (TPSA) is 57.2 Å². The summed E-state index contributed by atoms with van der Waals surface area (Å²) >= 11 is 0. The van der Waals surface area contributed by atoms with E-state index in [9.17, 15) is 5.11 Å². The van der Waals surface area contributed by atoms with Crippen molar-refractivity contribution in [1.29, 1.82) is 0 Å². The van der Waals surface area contributed by atoms with Crippen LogP contribution in [0.4, 0.5) is 5.82 Å². The lowest BCUT2D eigenvalue weighted by atomic mass is 9.93. The summed E-state index contributed by atoms with van der Waals surface area (Å²) in [7, 11) is 0. The predicted molar refractivity (Wildman–Crippen MR) is 78.2 cm³/mol. The van der Waals surface area contributed by atoms with Crippen molar-refractivity contribution in [2.75, 3.05) is 11.9 Å². The average molecular weight is 263 g/mol. The van der Waals surface area contributed by atoms with Crippen molar-refractivity contribution in [2.45, 2.75) is 57.7 Å². The van der Waals surface area contributed by atoms with Crippen LogP contribution in [0.2, 0.25) is 0 Å². The largest absolute Gasteiger partial charge is 0.385 e. The van der Waals surface area contributed by atoms with Crippen molar-refractivity contribution in [2.24, 2.45) is 0 Å². The standard InChI is InChI=1S/C15H25N3O/c1-15(2,3)16-10-13(19)12-8-5-9-14(18-12)17-11-6-4-7-11/h5,8-9,11,13,16,19H,4,6-7,10H2,1-3H3,(H,17,18). The van der Waals surface area contributed by atoms with Gasteiger partial charge in [-0.3, -0.25) is 0 Å². The number of pyridine rings is 1. The van der Waals surface area contributed by atoms with Crippen LogP contribution in [0.25, 0.3) is 0 Å². The van der Waals surface area contributed by atoms with Gasteiger partial charge in [0.25, 0.3) is 0 Å². The zero-order valence-corrected chi connectivity index (χ0v) is 12.1. The summed E-state index contributed by atoms with van der Waals surface area (Å²) in [5.74, 6) is 0.872. The van der Waals surface area contributed by atoms with E-state index in [1.807, 2.05) is 18.2 Å². The highest BCUT2D eigenvalue weighted by atomic mass is 16.3. The van der Waals surface area contributed by atoms with E-state index in [-0.39, 0.29) is 5.54 Å². The molecule has 0 spiro atoms. The molecule has 0 aliphatic heterocycles. The highest BCUT2D eigenvalue weighted by Gasteiger charge is 2.18. The monoisotopic (exact) mass is 263 g/mol. The van der Waals surface area contributed by atoms with E-state index in [1.54, 1.807) is 0 Å². The van der Waals surface area contributed by atoms with E-state index in [4.69, 9.17) is 0 Å². The van der Waals surface area contributed by atoms with Crippen LogP contribution >= 0.6 is 0 Å². The van der Waals surface area contributed by atoms with Gasteiger partial charge in [0, 0.05) is 18.1 Å². The molecule has 1 aliphatic rings. The molecular weight excluding hydrogens is 238 g/mol. The van der Waals surface area contributed by atoms with Crippen LogP contribution in [-0.2, 0) is 0 Å². The van der Waals surface area contributed by atoms with Gasteiger partial charge in [0.1, 0.15) is 11.9 Å². The molecule has 1 saturated carbocycles. The number of aromatic nitrogens is 1. The van der Waals surface area contributed by atoms with E-state index in [2.05, 4.69) is 36.4 Å². The lowest BCUT2D eigenvalue weighted by Gasteiger charge is -2.27. The van der Waals surface area contributed by atoms with Gasteiger partial charge in [-0.15, -0.1) is 0 Å². The molecule has 106 valence electrons. The Kier molecular flexibility index (Phi) is 4.42. The number of nitrogens with zero attached hydrogens (tertiary/aromatic N) is 1. The summed E-state index contributed by atoms with van der Waals surface area (Å²) < 4.78 is 0. The molecule has 1 atom stereocenters. The van der Waals surface area contributed by atoms with Crippen LogP contribution in [0.3, 0.4) is 0 Å². The van der Waals surface area contributed by atoms with E-state index in [0.717, 1.165) is 11.5 Å². The third-order valence-electron chi connectivity index (χ3n) is 3.39. The first-order valence-electron chi connectivity index (χ1n) is 7.11. The molecule has 0 amide bonds. The normalized spacial score (nSPS) is 17.9. The minimum Gasteiger partial charge on any atom is -0.385 e. The third kappa shape index (κ3) is 4.48. The minimum absolute atomic E-state index is 0.00275. The molecule has 1 aromatic heterocycles. The summed E-state index contributed by atoms with van der Waals surface area (Å²) in [4.78, 5) is 4.49. The Bertz CT molecular complexity index is 410. The number of hydrogen-bond acceptors (Lipinski definition) is 4. The summed E-state index contributed by atoms with van der Waals surface area (Å²) in [5, 5.41) is 16.9. The molecule has 0 bridgehead atoms. The fraction of sp³-hybridized carbons (Fsp3) is 0.667. The Morgan fingerprint density at radius 2 is 2.11 bits per heavy atom. The van der Waals surface area contributed by atoms with Gasteiger partial charge in [0.15, 0.2) is 0 Å². The molecule has 3 N–H and O–H groups in total. The predicted octanol–water partition coefficient (Wildman–Crippen LogP) is 2.47. The molecule has 19 heavy (non-hydrogen) atoms. The van der Waals surface area contributed by atoms with Crippen LogP contribution in [0.15, 0.2) is 18.2 Å². The molecule has 2 rings (SSSR count). The summed E-state index contributed by atoms with van der Waals surface area (Å²) in [6, 6.07) is 6.35. The maximum atomic E-state index is 10.2. The Balaban J connectivity index is 1.93. The van der Waals surface area contributed by atoms with Crippen LogP contribution < -0.4 is 10.6 Å². The number of rotatable bonds is 5. The second kappa shape index (κ2) is 5.88. The third-order valence-corrected chi connectivity index (χ3v) is 3.39. The number of nitrogens with one attached hydrogen (secondary N) is 2. The first kappa shape index (κ1) is 14.3. The van der Waals surface area contributed by atoms with Crippen molar-refractivity contribution in [3.63, 3.8) is 0 Å². The molecule has 0 radical (unpaired) electrons. The maximum Gasteiger partial charge on any atom is 0.126 e. The van der Waals surface area contributed by atoms with Crippen molar-refractivity contribution in [3.05, 3.63) is 23.9 Å². The Hall–Kier alpha value is -1.13. The van der Waals surface area contributed by atoms with Gasteiger partial charge < -0.3 is 15.7 Å². The fourth-order valence-electron chi connectivity index (χ4n) is 1.99. The SMILES string of the molecule is CC(C)(C)NCC(O)c1cccc(NC2CCC2)n1. The molecule has 1 fully saturated rings. The second-order valence-corrected chi connectivity index (χ2v) is 6.37. The molecule has 1 aromatic rings. The Morgan fingerprint density at radius 3 is 2.68 bits per heavy atom. The first-order valence-corrected chi connectivity index (χ1v) is 7.11. The molecule has 4 nitrogen and oxygen atoms in total. The van der Waals surface area contributed by atoms with Crippen molar-refractivity contribution in [1.82, 2.24) is 10.3 Å². The molecule has 0 aromatic carbocycles. The van der Waals surface area contributed by atoms with Gasteiger partial charge in [-0.25, -0.2) is 4.98 Å². The number of anilines is 1. The maximum absolute atomic E-state index is 10.2. The molecular formula is C15H25N3O. The van der Waals surface area contributed by atoms with Gasteiger partial charge in [-0.1, -0.05) is 6.07 Å². The summed E-state index contributed by atoms with van der Waals surface area (Å²) in [6.07, 6.45) is 3.18. The fourth-order valence-corrected chi connectivity index (χ4v) is 1.99. The highest BCUT2D eigenvalue weighted by Crippen LogP contribution is 2.23.